The van der Waals surface area contributed by atoms with E-state index in [0.717, 1.165) is 29.5 Å². The van der Waals surface area contributed by atoms with E-state index in [-0.39, 0.29) is 22.8 Å². The Labute approximate surface area is 183 Å². The minimum Gasteiger partial charge on any atom is -0.343 e. The molecular formula is C20H15F3N4O4S. The van der Waals surface area contributed by atoms with Gasteiger partial charge in [0.15, 0.2) is 5.13 Å². The first kappa shape index (κ1) is 22.9. The highest BCUT2D eigenvalue weighted by Crippen LogP contribution is 2.30. The van der Waals surface area contributed by atoms with Crippen molar-refractivity contribution in [2.24, 2.45) is 0 Å². The molecule has 0 unspecified atom stereocenters. The van der Waals surface area contributed by atoms with Crippen molar-refractivity contribution in [1.29, 1.82) is 0 Å². The van der Waals surface area contributed by atoms with E-state index >= 15 is 0 Å². The number of nitrogens with one attached hydrogen (secondary N) is 2. The lowest BCUT2D eigenvalue weighted by molar-refractivity contribution is -0.384. The smallest absolute Gasteiger partial charge is 0.343 e. The number of nitro benzene ring substituents is 1. The normalized spacial score (nSPS) is 11.1. The average molecular weight is 464 g/mol. The Bertz CT molecular complexity index is 1160. The van der Waals surface area contributed by atoms with Gasteiger partial charge in [-0.05, 0) is 17.7 Å². The highest BCUT2D eigenvalue weighted by Gasteiger charge is 2.30. The Kier molecular flexibility index (Phi) is 6.83. The molecule has 2 N–H and O–H groups in total. The molecule has 0 fully saturated rings. The Morgan fingerprint density at radius 3 is 2.59 bits per heavy atom. The number of thiazole rings is 1. The monoisotopic (exact) mass is 464 g/mol. The SMILES string of the molecule is O=C(CNC(=O)c1cccc([N+](=O)[O-])c1)Nc1ncc(Cc2cccc(C(F)(F)F)c2)s1. The summed E-state index contributed by atoms with van der Waals surface area (Å²) < 4.78 is 38.5. The Morgan fingerprint density at radius 2 is 1.88 bits per heavy atom. The Balaban J connectivity index is 1.54. The number of alkyl halides is 3. The number of benzene rings is 2. The number of aromatic nitrogens is 1. The van der Waals surface area contributed by atoms with Gasteiger partial charge in [-0.1, -0.05) is 24.3 Å². The van der Waals surface area contributed by atoms with E-state index in [9.17, 15) is 32.9 Å². The van der Waals surface area contributed by atoms with Crippen molar-refractivity contribution in [3.05, 3.63) is 86.4 Å². The molecule has 3 aromatic rings. The number of non-ortho nitro benzene ring substituents is 1. The molecule has 3 rings (SSSR count). The molecule has 0 bridgehead atoms. The number of halogens is 3. The summed E-state index contributed by atoms with van der Waals surface area (Å²) in [6.07, 6.45) is -2.78. The average Bonchev–Trinajstić information content (AvgIpc) is 3.18. The maximum atomic E-state index is 12.8. The fraction of sp³-hybridized carbons (Fsp3) is 0.150. The van der Waals surface area contributed by atoms with Gasteiger partial charge < -0.3 is 10.6 Å². The number of nitrogens with zero attached hydrogens (tertiary/aromatic N) is 2. The van der Waals surface area contributed by atoms with Gasteiger partial charge in [-0.15, -0.1) is 11.3 Å². The van der Waals surface area contributed by atoms with Crippen molar-refractivity contribution in [3.8, 4) is 0 Å². The highest BCUT2D eigenvalue weighted by molar-refractivity contribution is 7.15. The van der Waals surface area contributed by atoms with Gasteiger partial charge in [0.1, 0.15) is 0 Å². The molecule has 0 aliphatic rings. The quantitative estimate of drug-likeness (QED) is 0.405. The van der Waals surface area contributed by atoms with Crippen LogP contribution in [0.3, 0.4) is 0 Å². The number of hydrogen-bond acceptors (Lipinski definition) is 6. The highest BCUT2D eigenvalue weighted by atomic mass is 32.1. The van der Waals surface area contributed by atoms with Crippen molar-refractivity contribution in [2.75, 3.05) is 11.9 Å². The van der Waals surface area contributed by atoms with Crippen LogP contribution in [0.1, 0.15) is 26.4 Å². The molecule has 12 heteroatoms. The third-order valence-electron chi connectivity index (χ3n) is 4.16. The van der Waals surface area contributed by atoms with Gasteiger partial charge in [-0.3, -0.25) is 19.7 Å². The number of carbonyl (C=O) groups is 2. The van der Waals surface area contributed by atoms with E-state index in [1.807, 2.05) is 0 Å². The minimum atomic E-state index is -4.43. The first-order valence-electron chi connectivity index (χ1n) is 9.05. The zero-order chi connectivity index (χ0) is 23.3. The van der Waals surface area contributed by atoms with E-state index in [1.165, 1.54) is 30.5 Å². The number of carbonyl (C=O) groups excluding carboxylic acids is 2. The molecule has 2 aromatic carbocycles. The molecule has 32 heavy (non-hydrogen) atoms. The van der Waals surface area contributed by atoms with Gasteiger partial charge in [0.05, 0.1) is 17.0 Å². The molecule has 0 aliphatic heterocycles. The van der Waals surface area contributed by atoms with Crippen LogP contribution in [-0.4, -0.2) is 28.3 Å². The van der Waals surface area contributed by atoms with Crippen LogP contribution in [0, 0.1) is 10.1 Å². The summed E-state index contributed by atoms with van der Waals surface area (Å²) >= 11 is 1.09. The van der Waals surface area contributed by atoms with Crippen LogP contribution in [0.4, 0.5) is 24.0 Å². The van der Waals surface area contributed by atoms with E-state index in [4.69, 9.17) is 0 Å². The van der Waals surface area contributed by atoms with Crippen LogP contribution >= 0.6 is 11.3 Å². The van der Waals surface area contributed by atoms with Crippen LogP contribution in [0.5, 0.6) is 0 Å². The molecule has 8 nitrogen and oxygen atoms in total. The molecule has 0 atom stereocenters. The zero-order valence-corrected chi connectivity index (χ0v) is 17.0. The zero-order valence-electron chi connectivity index (χ0n) is 16.2. The molecule has 166 valence electrons. The fourth-order valence-corrected chi connectivity index (χ4v) is 3.56. The molecule has 0 aliphatic carbocycles. The fourth-order valence-electron chi connectivity index (χ4n) is 2.69. The van der Waals surface area contributed by atoms with Gasteiger partial charge in [-0.25, -0.2) is 4.98 Å². The van der Waals surface area contributed by atoms with Gasteiger partial charge in [-0.2, -0.15) is 13.2 Å². The van der Waals surface area contributed by atoms with Crippen molar-refractivity contribution in [3.63, 3.8) is 0 Å². The summed E-state index contributed by atoms with van der Waals surface area (Å²) in [5, 5.41) is 15.8. The number of amides is 2. The topological polar surface area (TPSA) is 114 Å². The first-order valence-corrected chi connectivity index (χ1v) is 9.87. The summed E-state index contributed by atoms with van der Waals surface area (Å²) in [5.74, 6) is -1.24. The number of rotatable bonds is 7. The van der Waals surface area contributed by atoms with Crippen molar-refractivity contribution in [1.82, 2.24) is 10.3 Å². The predicted octanol–water partition coefficient (Wildman–Crippen LogP) is 4.03. The summed E-state index contributed by atoms with van der Waals surface area (Å²) in [6, 6.07) is 10.0. The van der Waals surface area contributed by atoms with E-state index in [2.05, 4.69) is 15.6 Å². The third kappa shape index (κ3) is 6.11. The number of hydrogen-bond donors (Lipinski definition) is 2. The molecule has 1 aromatic heterocycles. The summed E-state index contributed by atoms with van der Waals surface area (Å²) in [5.41, 5.74) is -0.513. The lowest BCUT2D eigenvalue weighted by Gasteiger charge is -2.07. The summed E-state index contributed by atoms with van der Waals surface area (Å²) in [7, 11) is 0. The van der Waals surface area contributed by atoms with Crippen LogP contribution in [0.15, 0.2) is 54.7 Å². The van der Waals surface area contributed by atoms with E-state index in [1.54, 1.807) is 6.07 Å². The molecule has 1 heterocycles. The standard InChI is InChI=1S/C20H15F3N4O4S/c21-20(22,23)14-5-1-3-12(7-14)8-16-10-25-19(32-16)26-17(28)11-24-18(29)13-4-2-6-15(9-13)27(30)31/h1-7,9-10H,8,11H2,(H,24,29)(H,25,26,28). The van der Waals surface area contributed by atoms with Crippen molar-refractivity contribution in [2.45, 2.75) is 12.6 Å². The molecule has 0 saturated heterocycles. The summed E-state index contributed by atoms with van der Waals surface area (Å²) in [6.45, 7) is -0.399. The Hall–Kier alpha value is -3.80. The second-order valence-corrected chi connectivity index (χ2v) is 7.66. The van der Waals surface area contributed by atoms with Crippen LogP contribution < -0.4 is 10.6 Å². The second kappa shape index (κ2) is 9.56. The van der Waals surface area contributed by atoms with E-state index < -0.39 is 35.0 Å². The maximum Gasteiger partial charge on any atom is 0.416 e. The second-order valence-electron chi connectivity index (χ2n) is 6.54. The van der Waals surface area contributed by atoms with Crippen LogP contribution in [0.2, 0.25) is 0 Å². The van der Waals surface area contributed by atoms with Gasteiger partial charge in [0.2, 0.25) is 5.91 Å². The van der Waals surface area contributed by atoms with Gasteiger partial charge >= 0.3 is 6.18 Å². The van der Waals surface area contributed by atoms with Gasteiger partial charge in [0, 0.05) is 35.2 Å². The molecule has 0 spiro atoms. The lowest BCUT2D eigenvalue weighted by atomic mass is 10.1. The summed E-state index contributed by atoms with van der Waals surface area (Å²) in [4.78, 5) is 38.9. The maximum absolute atomic E-state index is 12.8. The van der Waals surface area contributed by atoms with Crippen molar-refractivity contribution < 1.29 is 27.7 Å². The molecule has 2 amide bonds. The number of nitro groups is 1. The van der Waals surface area contributed by atoms with Crippen LogP contribution in [-0.2, 0) is 17.4 Å². The Morgan fingerprint density at radius 1 is 1.12 bits per heavy atom. The van der Waals surface area contributed by atoms with Gasteiger partial charge in [0.25, 0.3) is 11.6 Å². The molecule has 0 radical (unpaired) electrons. The lowest BCUT2D eigenvalue weighted by Crippen LogP contribution is -2.32. The molecule has 0 saturated carbocycles. The number of anilines is 1. The minimum absolute atomic E-state index is 0.0321. The van der Waals surface area contributed by atoms with E-state index in [0.29, 0.717) is 10.4 Å². The van der Waals surface area contributed by atoms with Crippen molar-refractivity contribution >= 4 is 34.0 Å². The third-order valence-corrected chi connectivity index (χ3v) is 5.07. The largest absolute Gasteiger partial charge is 0.416 e. The van der Waals surface area contributed by atoms with Crippen LogP contribution in [0.25, 0.3) is 0 Å². The molecular weight excluding hydrogens is 449 g/mol. The predicted molar refractivity (Wildman–Crippen MR) is 110 cm³/mol. The first-order chi connectivity index (χ1) is 15.1.